The van der Waals surface area contributed by atoms with E-state index in [2.05, 4.69) is 15.3 Å². The Balaban J connectivity index is 0.00000240. The molecule has 0 radical (unpaired) electrons. The zero-order valence-corrected chi connectivity index (χ0v) is 14.8. The molecule has 0 saturated heterocycles. The third-order valence-corrected chi connectivity index (χ3v) is 4.57. The summed E-state index contributed by atoms with van der Waals surface area (Å²) in [5.41, 5.74) is 1.34. The first-order valence-corrected chi connectivity index (χ1v) is 8.36. The molecule has 3 aromatic rings. The normalized spacial score (nSPS) is 14.0. The van der Waals surface area contributed by atoms with Crippen LogP contribution >= 0.6 is 0 Å². The smallest absolute Gasteiger partial charge is 0.356 e. The number of benzene rings is 1. The Labute approximate surface area is 161 Å². The highest BCUT2D eigenvalue weighted by Crippen LogP contribution is 2.41. The second-order valence-corrected chi connectivity index (χ2v) is 6.32. The van der Waals surface area contributed by atoms with Crippen molar-refractivity contribution in [1.29, 1.82) is 0 Å². The number of amides is 1. The molecule has 1 amide bonds. The molecule has 11 nitrogen and oxygen atoms in total. The van der Waals surface area contributed by atoms with Gasteiger partial charge in [-0.1, -0.05) is 24.3 Å². The topological polar surface area (TPSA) is 185 Å². The van der Waals surface area contributed by atoms with Crippen molar-refractivity contribution in [2.45, 2.75) is 18.9 Å². The van der Waals surface area contributed by atoms with Crippen LogP contribution in [0.5, 0.6) is 0 Å². The first-order valence-electron chi connectivity index (χ1n) is 8.36. The molecule has 0 aliphatic heterocycles. The summed E-state index contributed by atoms with van der Waals surface area (Å²) in [7, 11) is 0. The van der Waals surface area contributed by atoms with Gasteiger partial charge in [0.15, 0.2) is 5.69 Å². The van der Waals surface area contributed by atoms with E-state index in [9.17, 15) is 24.3 Å². The summed E-state index contributed by atoms with van der Waals surface area (Å²) in [6, 6.07) is 6.40. The van der Waals surface area contributed by atoms with Gasteiger partial charge in [-0.3, -0.25) is 18.8 Å². The Morgan fingerprint density at radius 2 is 1.90 bits per heavy atom. The number of aromatic amines is 1. The van der Waals surface area contributed by atoms with Gasteiger partial charge in [0, 0.05) is 18.2 Å². The number of H-pyrrole nitrogens is 1. The Kier molecular flexibility index (Phi) is 4.91. The summed E-state index contributed by atoms with van der Waals surface area (Å²) < 4.78 is 1.36. The molecule has 1 aromatic carbocycles. The zero-order chi connectivity index (χ0) is 20.0. The number of aliphatic carboxylic acids is 1. The standard InChI is InChI=1S/C18H14N4O6.H2O/c23-11(5-6-12(24)25)20-13-8-3-1-2-4-9(8)14-15(13)22-7-10(18(27)28)19-16(22)17(26)21-14;/h1-4,7,13H,5-6H2,(H,20,23)(H,21,26)(H,24,25)(H,27,28);1H2. The number of nitrogens with zero attached hydrogens (tertiary/aromatic N) is 2. The molecule has 0 bridgehead atoms. The Bertz CT molecular complexity index is 1210. The highest BCUT2D eigenvalue weighted by molar-refractivity contribution is 5.87. The minimum Gasteiger partial charge on any atom is -0.481 e. The molecule has 0 fully saturated rings. The minimum absolute atomic E-state index is 0. The number of carboxylic acid groups (broad SMARTS) is 2. The van der Waals surface area contributed by atoms with Crippen molar-refractivity contribution in [1.82, 2.24) is 19.7 Å². The van der Waals surface area contributed by atoms with E-state index in [1.165, 1.54) is 10.6 Å². The summed E-state index contributed by atoms with van der Waals surface area (Å²) in [4.78, 5) is 53.3. The largest absolute Gasteiger partial charge is 0.481 e. The first kappa shape index (κ1) is 19.8. The number of imidazole rings is 1. The van der Waals surface area contributed by atoms with Gasteiger partial charge >= 0.3 is 11.9 Å². The van der Waals surface area contributed by atoms with Gasteiger partial charge in [-0.15, -0.1) is 0 Å². The fourth-order valence-electron chi connectivity index (χ4n) is 3.39. The van der Waals surface area contributed by atoms with Crippen LogP contribution in [0.2, 0.25) is 0 Å². The highest BCUT2D eigenvalue weighted by Gasteiger charge is 2.34. The molecule has 0 saturated carbocycles. The second-order valence-electron chi connectivity index (χ2n) is 6.32. The molecular formula is C18H16N4O7. The number of carbonyl (C=O) groups is 3. The maximum absolute atomic E-state index is 12.4. The Hall–Kier alpha value is -3.99. The fourth-order valence-corrected chi connectivity index (χ4v) is 3.39. The fraction of sp³-hybridized carbons (Fsp3) is 0.167. The molecule has 6 N–H and O–H groups in total. The summed E-state index contributed by atoms with van der Waals surface area (Å²) in [5.74, 6) is -2.85. The van der Waals surface area contributed by atoms with Gasteiger partial charge < -0.3 is 26.0 Å². The molecule has 2 heterocycles. The number of rotatable bonds is 5. The molecule has 1 unspecified atom stereocenters. The third kappa shape index (κ3) is 3.23. The molecule has 150 valence electrons. The average Bonchev–Trinajstić information content (AvgIpc) is 3.22. The second kappa shape index (κ2) is 7.20. The van der Waals surface area contributed by atoms with Crippen LogP contribution in [0.15, 0.2) is 35.3 Å². The zero-order valence-electron chi connectivity index (χ0n) is 14.8. The van der Waals surface area contributed by atoms with Gasteiger partial charge in [0.1, 0.15) is 0 Å². The number of carbonyl (C=O) groups excluding carboxylic acids is 1. The van der Waals surface area contributed by atoms with E-state index in [1.54, 1.807) is 24.3 Å². The van der Waals surface area contributed by atoms with E-state index in [-0.39, 0.29) is 29.7 Å². The number of nitrogens with one attached hydrogen (secondary N) is 2. The van der Waals surface area contributed by atoms with Crippen LogP contribution in [0.25, 0.3) is 16.9 Å². The van der Waals surface area contributed by atoms with Gasteiger partial charge in [-0.05, 0) is 5.56 Å². The maximum atomic E-state index is 12.4. The van der Waals surface area contributed by atoms with Gasteiger partial charge in [0.25, 0.3) is 5.56 Å². The van der Waals surface area contributed by atoms with Crippen LogP contribution in [0, 0.1) is 0 Å². The monoisotopic (exact) mass is 400 g/mol. The van der Waals surface area contributed by atoms with Crippen LogP contribution in [0.3, 0.4) is 0 Å². The lowest BCUT2D eigenvalue weighted by molar-refractivity contribution is -0.138. The van der Waals surface area contributed by atoms with E-state index < -0.39 is 29.4 Å². The summed E-state index contributed by atoms with van der Waals surface area (Å²) >= 11 is 0. The number of hydrogen-bond donors (Lipinski definition) is 4. The van der Waals surface area contributed by atoms with Crippen LogP contribution in [-0.2, 0) is 9.59 Å². The highest BCUT2D eigenvalue weighted by atomic mass is 16.4. The van der Waals surface area contributed by atoms with Crippen LogP contribution in [-0.4, -0.2) is 47.9 Å². The number of fused-ring (bicyclic) bond motifs is 5. The van der Waals surface area contributed by atoms with Crippen molar-refractivity contribution in [3.63, 3.8) is 0 Å². The average molecular weight is 400 g/mol. The molecule has 1 aliphatic carbocycles. The summed E-state index contributed by atoms with van der Waals surface area (Å²) in [6.45, 7) is 0. The van der Waals surface area contributed by atoms with Crippen molar-refractivity contribution in [2.24, 2.45) is 0 Å². The lowest BCUT2D eigenvalue weighted by Crippen LogP contribution is -2.30. The number of aromatic nitrogens is 3. The third-order valence-electron chi connectivity index (χ3n) is 4.57. The SMILES string of the molecule is O.O=C(O)CCC(=O)NC1c2ccccc2-c2[nH]c(=O)c3nc(C(=O)O)cn3c21. The maximum Gasteiger partial charge on any atom is 0.356 e. The molecule has 1 atom stereocenters. The number of carboxylic acids is 2. The predicted octanol–water partition coefficient (Wildman–Crippen LogP) is -0.0531. The predicted molar refractivity (Wildman–Crippen MR) is 98.7 cm³/mol. The van der Waals surface area contributed by atoms with Gasteiger partial charge in [0.05, 0.1) is 23.9 Å². The van der Waals surface area contributed by atoms with Gasteiger partial charge in [0.2, 0.25) is 11.6 Å². The van der Waals surface area contributed by atoms with Crippen molar-refractivity contribution < 1.29 is 30.1 Å². The molecule has 11 heteroatoms. The van der Waals surface area contributed by atoms with Crippen molar-refractivity contribution >= 4 is 23.5 Å². The number of hydrogen-bond acceptors (Lipinski definition) is 5. The molecule has 2 aromatic heterocycles. The molecule has 4 rings (SSSR count). The van der Waals surface area contributed by atoms with Gasteiger partial charge in [-0.25, -0.2) is 9.78 Å². The Morgan fingerprint density at radius 1 is 1.17 bits per heavy atom. The van der Waals surface area contributed by atoms with Crippen molar-refractivity contribution in [3.05, 3.63) is 57.8 Å². The molecule has 1 aliphatic rings. The lowest BCUT2D eigenvalue weighted by Gasteiger charge is -2.16. The Morgan fingerprint density at radius 3 is 2.59 bits per heavy atom. The minimum atomic E-state index is -1.28. The van der Waals surface area contributed by atoms with E-state index in [1.807, 2.05) is 0 Å². The van der Waals surface area contributed by atoms with Crippen molar-refractivity contribution in [3.8, 4) is 11.3 Å². The van der Waals surface area contributed by atoms with Crippen LogP contribution in [0.1, 0.15) is 40.6 Å². The quantitative estimate of drug-likeness (QED) is 0.462. The van der Waals surface area contributed by atoms with Crippen LogP contribution in [0.4, 0.5) is 0 Å². The van der Waals surface area contributed by atoms with Crippen molar-refractivity contribution in [2.75, 3.05) is 0 Å². The van der Waals surface area contributed by atoms with E-state index in [0.29, 0.717) is 22.5 Å². The van der Waals surface area contributed by atoms with Gasteiger partial charge in [-0.2, -0.15) is 0 Å². The van der Waals surface area contributed by atoms with E-state index in [4.69, 9.17) is 5.11 Å². The van der Waals surface area contributed by atoms with E-state index in [0.717, 1.165) is 0 Å². The van der Waals surface area contributed by atoms with Crippen LogP contribution < -0.4 is 10.9 Å². The molecule has 29 heavy (non-hydrogen) atoms. The number of aromatic carboxylic acids is 1. The molecular weight excluding hydrogens is 384 g/mol. The summed E-state index contributed by atoms with van der Waals surface area (Å²) in [5, 5.41) is 20.8. The first-order chi connectivity index (χ1) is 13.4. The van der Waals surface area contributed by atoms with E-state index >= 15 is 0 Å². The molecule has 0 spiro atoms. The lowest BCUT2D eigenvalue weighted by atomic mass is 10.1. The summed E-state index contributed by atoms with van der Waals surface area (Å²) in [6.07, 6.45) is 0.705.